The minimum absolute atomic E-state index is 0.637. The number of nitrogens with one attached hydrogen (secondary N) is 1. The fourth-order valence-corrected chi connectivity index (χ4v) is 0.734. The Kier molecular flexibility index (Phi) is 6.79. The zero-order valence-corrected chi connectivity index (χ0v) is 9.84. The molecular weight excluding hydrogens is 246 g/mol. The van der Waals surface area contributed by atoms with E-state index in [2.05, 4.69) is 14.8 Å². The number of hydrogen-bond donors (Lipinski definition) is 2. The number of ether oxygens (including phenoxy) is 2. The van der Waals surface area contributed by atoms with Crippen molar-refractivity contribution in [2.45, 2.75) is 13.0 Å². The summed E-state index contributed by atoms with van der Waals surface area (Å²) in [5.74, 6) is -3.63. The number of hydrogen-bond acceptors (Lipinski definition) is 6. The summed E-state index contributed by atoms with van der Waals surface area (Å²) in [5, 5.41) is 10.6. The highest BCUT2D eigenvalue weighted by molar-refractivity contribution is 5.92. The van der Waals surface area contributed by atoms with Crippen molar-refractivity contribution in [2.24, 2.45) is 0 Å². The van der Waals surface area contributed by atoms with Crippen LogP contribution < -0.4 is 5.32 Å². The topological polar surface area (TPSA) is 119 Å². The van der Waals surface area contributed by atoms with Crippen LogP contribution in [0, 0.1) is 0 Å². The van der Waals surface area contributed by atoms with Crippen molar-refractivity contribution in [1.29, 1.82) is 0 Å². The Morgan fingerprint density at radius 3 is 2.28 bits per heavy atom. The third kappa shape index (κ3) is 6.99. The number of esters is 2. The Balaban J connectivity index is 3.99. The van der Waals surface area contributed by atoms with Gasteiger partial charge in [0.2, 0.25) is 0 Å². The van der Waals surface area contributed by atoms with Gasteiger partial charge in [0.1, 0.15) is 6.04 Å². The Morgan fingerprint density at radius 2 is 1.78 bits per heavy atom. The molecule has 18 heavy (non-hydrogen) atoms. The van der Waals surface area contributed by atoms with E-state index in [1.54, 1.807) is 0 Å². The molecule has 0 aromatic rings. The molecule has 0 spiro atoms. The maximum Gasteiger partial charge on any atom is 0.331 e. The van der Waals surface area contributed by atoms with Gasteiger partial charge in [-0.2, -0.15) is 0 Å². The molecule has 0 aliphatic carbocycles. The molecule has 8 nitrogen and oxygen atoms in total. The first kappa shape index (κ1) is 15.6. The molecule has 0 aliphatic rings. The van der Waals surface area contributed by atoms with E-state index in [0.717, 1.165) is 19.3 Å². The second-order valence-corrected chi connectivity index (χ2v) is 3.09. The lowest BCUT2D eigenvalue weighted by Crippen LogP contribution is -2.40. The van der Waals surface area contributed by atoms with Crippen LogP contribution in [0.2, 0.25) is 0 Å². The minimum Gasteiger partial charge on any atom is -0.480 e. The Bertz CT molecular complexity index is 374. The standard InChI is InChI=1S/C10H13NO7/c1-6(10(15)16)11-7(12)5-18-9(14)4-3-8(13)17-2/h3-4,6H,5H2,1-2H3,(H,11,12)(H,15,16)/b4-3+. The monoisotopic (exact) mass is 259 g/mol. The van der Waals surface area contributed by atoms with Gasteiger partial charge < -0.3 is 19.9 Å². The van der Waals surface area contributed by atoms with E-state index in [1.807, 2.05) is 0 Å². The largest absolute Gasteiger partial charge is 0.480 e. The van der Waals surface area contributed by atoms with Gasteiger partial charge in [-0.25, -0.2) is 9.59 Å². The average molecular weight is 259 g/mol. The molecule has 0 fully saturated rings. The van der Waals surface area contributed by atoms with Crippen LogP contribution in [-0.4, -0.2) is 48.7 Å². The van der Waals surface area contributed by atoms with Gasteiger partial charge in [-0.15, -0.1) is 0 Å². The van der Waals surface area contributed by atoms with Crippen molar-refractivity contribution >= 4 is 23.8 Å². The molecule has 0 saturated heterocycles. The van der Waals surface area contributed by atoms with Crippen LogP contribution in [0.3, 0.4) is 0 Å². The molecular formula is C10H13NO7. The van der Waals surface area contributed by atoms with Gasteiger partial charge in [-0.05, 0) is 6.92 Å². The number of aliphatic carboxylic acids is 1. The normalized spacial score (nSPS) is 11.7. The molecule has 0 bridgehead atoms. The van der Waals surface area contributed by atoms with Crippen LogP contribution in [0.5, 0.6) is 0 Å². The van der Waals surface area contributed by atoms with Crippen LogP contribution in [0.15, 0.2) is 12.2 Å². The fraction of sp³-hybridized carbons (Fsp3) is 0.400. The van der Waals surface area contributed by atoms with E-state index in [9.17, 15) is 19.2 Å². The van der Waals surface area contributed by atoms with Crippen molar-refractivity contribution in [1.82, 2.24) is 5.32 Å². The lowest BCUT2D eigenvalue weighted by molar-refractivity contribution is -0.146. The Labute approximate surface area is 103 Å². The molecule has 0 saturated carbocycles. The predicted octanol–water partition coefficient (Wildman–Crippen LogP) is -1.15. The van der Waals surface area contributed by atoms with Gasteiger partial charge in [0.25, 0.3) is 5.91 Å². The molecule has 0 aliphatic heterocycles. The zero-order valence-electron chi connectivity index (χ0n) is 9.84. The average Bonchev–Trinajstić information content (AvgIpc) is 2.32. The summed E-state index contributed by atoms with van der Waals surface area (Å²) >= 11 is 0. The van der Waals surface area contributed by atoms with Crippen LogP contribution in [0.1, 0.15) is 6.92 Å². The molecule has 8 heteroatoms. The first-order chi connectivity index (χ1) is 8.36. The van der Waals surface area contributed by atoms with Crippen molar-refractivity contribution in [2.75, 3.05) is 13.7 Å². The van der Waals surface area contributed by atoms with Gasteiger partial charge in [-0.1, -0.05) is 0 Å². The summed E-state index contributed by atoms with van der Waals surface area (Å²) in [6, 6.07) is -1.08. The quantitative estimate of drug-likeness (QED) is 0.456. The molecule has 1 atom stereocenters. The molecule has 100 valence electrons. The van der Waals surface area contributed by atoms with Crippen LogP contribution >= 0.6 is 0 Å². The number of rotatable bonds is 6. The molecule has 1 unspecified atom stereocenters. The van der Waals surface area contributed by atoms with Crippen molar-refractivity contribution in [3.8, 4) is 0 Å². The summed E-state index contributed by atoms with van der Waals surface area (Å²) in [7, 11) is 1.14. The van der Waals surface area contributed by atoms with Gasteiger partial charge in [0, 0.05) is 12.2 Å². The lowest BCUT2D eigenvalue weighted by atomic mass is 10.3. The lowest BCUT2D eigenvalue weighted by Gasteiger charge is -2.08. The van der Waals surface area contributed by atoms with E-state index in [0.29, 0.717) is 0 Å². The van der Waals surface area contributed by atoms with Crippen LogP contribution in [0.4, 0.5) is 0 Å². The SMILES string of the molecule is COC(=O)/C=C/C(=O)OCC(=O)NC(C)C(=O)O. The first-order valence-electron chi connectivity index (χ1n) is 4.81. The fourth-order valence-electron chi connectivity index (χ4n) is 0.734. The highest BCUT2D eigenvalue weighted by atomic mass is 16.5. The predicted molar refractivity (Wildman–Crippen MR) is 57.4 cm³/mol. The molecule has 0 aromatic carbocycles. The minimum atomic E-state index is -1.21. The second-order valence-electron chi connectivity index (χ2n) is 3.09. The van der Waals surface area contributed by atoms with E-state index < -0.39 is 36.5 Å². The van der Waals surface area contributed by atoms with E-state index >= 15 is 0 Å². The van der Waals surface area contributed by atoms with Gasteiger partial charge in [0.15, 0.2) is 6.61 Å². The molecule has 0 rings (SSSR count). The molecule has 0 radical (unpaired) electrons. The van der Waals surface area contributed by atoms with Crippen LogP contribution in [-0.2, 0) is 28.7 Å². The highest BCUT2D eigenvalue weighted by Crippen LogP contribution is 1.86. The Hall–Kier alpha value is -2.38. The van der Waals surface area contributed by atoms with Gasteiger partial charge >= 0.3 is 17.9 Å². The molecule has 2 N–H and O–H groups in total. The number of carbonyl (C=O) groups is 4. The van der Waals surface area contributed by atoms with E-state index in [-0.39, 0.29) is 0 Å². The van der Waals surface area contributed by atoms with E-state index in [4.69, 9.17) is 5.11 Å². The second kappa shape index (κ2) is 7.82. The van der Waals surface area contributed by atoms with Gasteiger partial charge in [0.05, 0.1) is 7.11 Å². The molecule has 0 heterocycles. The van der Waals surface area contributed by atoms with Gasteiger partial charge in [-0.3, -0.25) is 9.59 Å². The van der Waals surface area contributed by atoms with E-state index in [1.165, 1.54) is 6.92 Å². The third-order valence-corrected chi connectivity index (χ3v) is 1.65. The maximum absolute atomic E-state index is 11.1. The summed E-state index contributed by atoms with van der Waals surface area (Å²) in [6.45, 7) is 0.626. The number of carboxylic acid groups (broad SMARTS) is 1. The summed E-state index contributed by atoms with van der Waals surface area (Å²) in [5.41, 5.74) is 0. The first-order valence-corrected chi connectivity index (χ1v) is 4.81. The van der Waals surface area contributed by atoms with Crippen molar-refractivity contribution in [3.05, 3.63) is 12.2 Å². The third-order valence-electron chi connectivity index (χ3n) is 1.65. The maximum atomic E-state index is 11.1. The van der Waals surface area contributed by atoms with Crippen molar-refractivity contribution < 1.29 is 33.8 Å². The number of carbonyl (C=O) groups excluding carboxylic acids is 3. The summed E-state index contributed by atoms with van der Waals surface area (Å²) in [4.78, 5) is 43.1. The molecule has 0 aromatic heterocycles. The highest BCUT2D eigenvalue weighted by Gasteiger charge is 2.14. The number of amides is 1. The molecule has 1 amide bonds. The number of methoxy groups -OCH3 is 1. The van der Waals surface area contributed by atoms with Crippen LogP contribution in [0.25, 0.3) is 0 Å². The number of carboxylic acids is 1. The zero-order chi connectivity index (χ0) is 14.1. The summed E-state index contributed by atoms with van der Waals surface area (Å²) < 4.78 is 8.67. The smallest absolute Gasteiger partial charge is 0.331 e. The summed E-state index contributed by atoms with van der Waals surface area (Å²) in [6.07, 6.45) is 1.62. The van der Waals surface area contributed by atoms with Crippen molar-refractivity contribution in [3.63, 3.8) is 0 Å². The Morgan fingerprint density at radius 1 is 1.22 bits per heavy atom.